The lowest BCUT2D eigenvalue weighted by atomic mass is 10.1. The van der Waals surface area contributed by atoms with Crippen LogP contribution in [-0.2, 0) is 9.59 Å². The van der Waals surface area contributed by atoms with E-state index in [4.69, 9.17) is 5.73 Å². The van der Waals surface area contributed by atoms with Crippen LogP contribution in [0.1, 0.15) is 33.2 Å². The largest absolute Gasteiger partial charge is 0.366 e. The van der Waals surface area contributed by atoms with Crippen molar-refractivity contribution in [3.05, 3.63) is 132 Å². The van der Waals surface area contributed by atoms with E-state index >= 15 is 0 Å². The number of carbonyl (C=O) groups excluding carboxylic acids is 4. The molecule has 4 aromatic rings. The fourth-order valence-corrected chi connectivity index (χ4v) is 4.64. The van der Waals surface area contributed by atoms with E-state index in [9.17, 15) is 19.2 Å². The first-order valence-electron chi connectivity index (χ1n) is 12.7. The summed E-state index contributed by atoms with van der Waals surface area (Å²) in [5, 5.41) is 7.80. The Kier molecular flexibility index (Phi) is 9.69. The molecule has 0 aromatic heterocycles. The summed E-state index contributed by atoms with van der Waals surface area (Å²) in [5.41, 5.74) is 7.77. The lowest BCUT2D eigenvalue weighted by Gasteiger charge is -2.14. The second kappa shape index (κ2) is 13.8. The first kappa shape index (κ1) is 28.8. The van der Waals surface area contributed by atoms with Gasteiger partial charge < -0.3 is 21.7 Å². The minimum atomic E-state index is -0.625. The van der Waals surface area contributed by atoms with Gasteiger partial charge in [0.1, 0.15) is 5.70 Å². The van der Waals surface area contributed by atoms with Gasteiger partial charge in [0, 0.05) is 16.1 Å². The van der Waals surface area contributed by atoms with Crippen molar-refractivity contribution >= 4 is 52.8 Å². The second-order valence-electron chi connectivity index (χ2n) is 8.93. The SMILES string of the molecule is CC(Sc1ccc(NC(=O)/C(=C/c2ccccc2)NC(=O)c2ccccc2)cc1)C(=O)Nc1ccccc1C(N)=O. The minimum Gasteiger partial charge on any atom is -0.366 e. The Labute approximate surface area is 242 Å². The topological polar surface area (TPSA) is 130 Å². The molecule has 4 aromatic carbocycles. The third-order valence-electron chi connectivity index (χ3n) is 5.88. The van der Waals surface area contributed by atoms with E-state index in [1.807, 2.05) is 36.4 Å². The van der Waals surface area contributed by atoms with Crippen LogP contribution < -0.4 is 21.7 Å². The quantitative estimate of drug-likeness (QED) is 0.153. The fourth-order valence-electron chi connectivity index (χ4n) is 3.77. The molecule has 0 aliphatic rings. The highest BCUT2D eigenvalue weighted by molar-refractivity contribution is 8.00. The number of nitrogens with one attached hydrogen (secondary N) is 3. The van der Waals surface area contributed by atoms with Crippen LogP contribution >= 0.6 is 11.8 Å². The van der Waals surface area contributed by atoms with E-state index in [-0.39, 0.29) is 17.2 Å². The molecule has 0 bridgehead atoms. The molecule has 0 saturated heterocycles. The van der Waals surface area contributed by atoms with Crippen LogP contribution in [0.3, 0.4) is 0 Å². The molecule has 5 N–H and O–H groups in total. The van der Waals surface area contributed by atoms with Crippen LogP contribution in [0, 0.1) is 0 Å². The normalized spacial score (nSPS) is 11.7. The number of primary amides is 1. The highest BCUT2D eigenvalue weighted by Gasteiger charge is 2.18. The number of nitrogens with two attached hydrogens (primary N) is 1. The Morgan fingerprint density at radius 1 is 0.756 bits per heavy atom. The highest BCUT2D eigenvalue weighted by atomic mass is 32.2. The molecule has 4 rings (SSSR count). The summed E-state index contributed by atoms with van der Waals surface area (Å²) in [7, 11) is 0. The van der Waals surface area contributed by atoms with Crippen molar-refractivity contribution in [3.63, 3.8) is 0 Å². The van der Waals surface area contributed by atoms with Crippen molar-refractivity contribution in [2.24, 2.45) is 5.73 Å². The molecule has 0 heterocycles. The number of hydrogen-bond donors (Lipinski definition) is 4. The molecule has 41 heavy (non-hydrogen) atoms. The fraction of sp³-hybridized carbons (Fsp3) is 0.0625. The maximum absolute atomic E-state index is 13.2. The molecule has 1 atom stereocenters. The summed E-state index contributed by atoms with van der Waals surface area (Å²) in [6.07, 6.45) is 1.61. The van der Waals surface area contributed by atoms with E-state index in [2.05, 4.69) is 16.0 Å². The zero-order valence-corrected chi connectivity index (χ0v) is 23.0. The van der Waals surface area contributed by atoms with E-state index in [1.165, 1.54) is 11.8 Å². The van der Waals surface area contributed by atoms with Gasteiger partial charge in [-0.25, -0.2) is 0 Å². The molecule has 0 radical (unpaired) electrons. The Hall–Kier alpha value is -5.15. The molecule has 0 spiro atoms. The maximum Gasteiger partial charge on any atom is 0.272 e. The smallest absolute Gasteiger partial charge is 0.272 e. The summed E-state index contributed by atoms with van der Waals surface area (Å²) in [6, 6.07) is 31.4. The number of amides is 4. The summed E-state index contributed by atoms with van der Waals surface area (Å²) >= 11 is 1.32. The maximum atomic E-state index is 13.2. The highest BCUT2D eigenvalue weighted by Crippen LogP contribution is 2.26. The third-order valence-corrected chi connectivity index (χ3v) is 7.00. The number of anilines is 2. The van der Waals surface area contributed by atoms with Crippen molar-refractivity contribution in [1.29, 1.82) is 0 Å². The Balaban J connectivity index is 1.42. The van der Waals surface area contributed by atoms with Crippen LogP contribution in [-0.4, -0.2) is 28.9 Å². The van der Waals surface area contributed by atoms with Gasteiger partial charge in [0.25, 0.3) is 17.7 Å². The van der Waals surface area contributed by atoms with Gasteiger partial charge in [-0.15, -0.1) is 11.8 Å². The second-order valence-corrected chi connectivity index (χ2v) is 10.3. The van der Waals surface area contributed by atoms with Crippen LogP contribution in [0.5, 0.6) is 0 Å². The van der Waals surface area contributed by atoms with Crippen molar-refractivity contribution in [1.82, 2.24) is 5.32 Å². The summed E-state index contributed by atoms with van der Waals surface area (Å²) in [4.78, 5) is 51.2. The average Bonchev–Trinajstić information content (AvgIpc) is 2.98. The van der Waals surface area contributed by atoms with E-state index in [1.54, 1.807) is 85.8 Å². The van der Waals surface area contributed by atoms with Crippen LogP contribution in [0.15, 0.2) is 120 Å². The predicted molar refractivity (Wildman–Crippen MR) is 162 cm³/mol. The van der Waals surface area contributed by atoms with Crippen LogP contribution in [0.2, 0.25) is 0 Å². The van der Waals surface area contributed by atoms with E-state index in [0.717, 1.165) is 10.5 Å². The number of carbonyl (C=O) groups is 4. The average molecular weight is 565 g/mol. The van der Waals surface area contributed by atoms with Gasteiger partial charge in [-0.05, 0) is 67.1 Å². The van der Waals surface area contributed by atoms with Crippen molar-refractivity contribution in [3.8, 4) is 0 Å². The zero-order valence-electron chi connectivity index (χ0n) is 22.2. The first-order valence-corrected chi connectivity index (χ1v) is 13.6. The van der Waals surface area contributed by atoms with Gasteiger partial charge in [-0.3, -0.25) is 19.2 Å². The number of benzene rings is 4. The van der Waals surface area contributed by atoms with Crippen molar-refractivity contribution in [2.75, 3.05) is 10.6 Å². The molecular weight excluding hydrogens is 536 g/mol. The number of thioether (sulfide) groups is 1. The number of para-hydroxylation sites is 1. The van der Waals surface area contributed by atoms with Crippen molar-refractivity contribution < 1.29 is 19.2 Å². The third kappa shape index (κ3) is 8.17. The predicted octanol–water partition coefficient (Wildman–Crippen LogP) is 5.31. The van der Waals surface area contributed by atoms with Gasteiger partial charge in [-0.2, -0.15) is 0 Å². The molecule has 9 heteroatoms. The van der Waals surface area contributed by atoms with Crippen LogP contribution in [0.25, 0.3) is 6.08 Å². The van der Waals surface area contributed by atoms with Gasteiger partial charge in [0.15, 0.2) is 0 Å². The van der Waals surface area contributed by atoms with Gasteiger partial charge in [0.2, 0.25) is 5.91 Å². The Morgan fingerprint density at radius 2 is 1.37 bits per heavy atom. The lowest BCUT2D eigenvalue weighted by molar-refractivity contribution is -0.115. The van der Waals surface area contributed by atoms with Gasteiger partial charge in [-0.1, -0.05) is 60.7 Å². The molecule has 0 fully saturated rings. The lowest BCUT2D eigenvalue weighted by Crippen LogP contribution is -2.30. The van der Waals surface area contributed by atoms with Gasteiger partial charge in [0.05, 0.1) is 16.5 Å². The molecule has 0 aliphatic heterocycles. The molecule has 0 aliphatic carbocycles. The molecule has 8 nitrogen and oxygen atoms in total. The van der Waals surface area contributed by atoms with E-state index < -0.39 is 23.0 Å². The minimum absolute atomic E-state index is 0.0880. The van der Waals surface area contributed by atoms with Crippen molar-refractivity contribution in [2.45, 2.75) is 17.1 Å². The monoisotopic (exact) mass is 564 g/mol. The summed E-state index contributed by atoms with van der Waals surface area (Å²) < 4.78 is 0. The molecule has 1 unspecified atom stereocenters. The zero-order chi connectivity index (χ0) is 29.2. The Bertz CT molecular complexity index is 1570. The van der Waals surface area contributed by atoms with Crippen LogP contribution in [0.4, 0.5) is 11.4 Å². The Morgan fingerprint density at radius 3 is 2.02 bits per heavy atom. The number of hydrogen-bond acceptors (Lipinski definition) is 5. The van der Waals surface area contributed by atoms with Gasteiger partial charge >= 0.3 is 0 Å². The number of rotatable bonds is 10. The summed E-state index contributed by atoms with van der Waals surface area (Å²) in [5.74, 6) is -1.80. The van der Waals surface area contributed by atoms with E-state index in [0.29, 0.717) is 16.9 Å². The summed E-state index contributed by atoms with van der Waals surface area (Å²) in [6.45, 7) is 1.75. The molecular formula is C32H28N4O4S. The molecule has 206 valence electrons. The standard InChI is InChI=1S/C32H28N4O4S/c1-21(30(38)35-27-15-9-8-14-26(27)29(33)37)41-25-18-16-24(17-19-25)34-32(40)28(20-22-10-4-2-5-11-22)36-31(39)23-12-6-3-7-13-23/h2-21H,1H3,(H2,33,37)(H,34,40)(H,35,38)(H,36,39)/b28-20-. The molecule has 0 saturated carbocycles. The first-order chi connectivity index (χ1) is 19.8. The molecule has 4 amide bonds.